The third-order valence-electron chi connectivity index (χ3n) is 5.11. The fourth-order valence-corrected chi connectivity index (χ4v) is 3.46. The number of carbonyl (C=O) groups is 1. The van der Waals surface area contributed by atoms with Crippen molar-refractivity contribution in [1.29, 1.82) is 0 Å². The largest absolute Gasteiger partial charge is 0.496 e. The van der Waals surface area contributed by atoms with Gasteiger partial charge in [-0.15, -0.1) is 24.8 Å². The maximum absolute atomic E-state index is 13.6. The number of hydrogen-bond acceptors (Lipinski definition) is 4. The highest BCUT2D eigenvalue weighted by atomic mass is 35.5. The number of nitrogens with zero attached hydrogens (tertiary/aromatic N) is 2. The maximum Gasteiger partial charge on any atom is 0.247 e. The minimum absolute atomic E-state index is 0. The molecule has 1 aliphatic heterocycles. The third-order valence-corrected chi connectivity index (χ3v) is 5.11. The summed E-state index contributed by atoms with van der Waals surface area (Å²) >= 11 is 0. The number of methoxy groups -OCH3 is 1. The molecule has 0 saturated carbocycles. The predicted molar refractivity (Wildman–Crippen MR) is 117 cm³/mol. The van der Waals surface area contributed by atoms with Crippen LogP contribution in [0.15, 0.2) is 48.5 Å². The van der Waals surface area contributed by atoms with Gasteiger partial charge >= 0.3 is 0 Å². The summed E-state index contributed by atoms with van der Waals surface area (Å²) in [6.45, 7) is 4.94. The van der Waals surface area contributed by atoms with Crippen LogP contribution in [0.2, 0.25) is 0 Å². The summed E-state index contributed by atoms with van der Waals surface area (Å²) in [6, 6.07) is 14.0. The average Bonchev–Trinajstić information content (AvgIpc) is 2.69. The van der Waals surface area contributed by atoms with Crippen LogP contribution in [0.25, 0.3) is 0 Å². The number of piperazine rings is 1. The van der Waals surface area contributed by atoms with Gasteiger partial charge in [0.05, 0.1) is 7.11 Å². The monoisotopic (exact) mass is 443 g/mol. The van der Waals surface area contributed by atoms with Gasteiger partial charge < -0.3 is 15.4 Å². The molecule has 2 aromatic rings. The molecule has 2 N–H and O–H groups in total. The van der Waals surface area contributed by atoms with Gasteiger partial charge in [-0.3, -0.25) is 9.69 Å². The fraction of sp³-hybridized carbons (Fsp3) is 0.381. The molecule has 1 unspecified atom stereocenters. The lowest BCUT2D eigenvalue weighted by Crippen LogP contribution is -2.56. The van der Waals surface area contributed by atoms with E-state index in [2.05, 4.69) is 4.90 Å². The van der Waals surface area contributed by atoms with Gasteiger partial charge in [0.1, 0.15) is 17.1 Å². The standard InChI is InChI=1S/C21H26FN3O2.2ClH/c1-21(23,17-6-4-3-5-7-17)20(26)25-12-10-24(11-13-25)15-16-14-18(22)8-9-19(16)27-2;;/h3-9,14H,10-13,15,23H2,1-2H3;2*1H. The third kappa shape index (κ3) is 5.82. The van der Waals surface area contributed by atoms with Crippen molar-refractivity contribution >= 4 is 30.7 Å². The fourth-order valence-electron chi connectivity index (χ4n) is 3.46. The van der Waals surface area contributed by atoms with Gasteiger partial charge in [0, 0.05) is 38.3 Å². The minimum Gasteiger partial charge on any atom is -0.496 e. The highest BCUT2D eigenvalue weighted by molar-refractivity contribution is 5.87. The van der Waals surface area contributed by atoms with Crippen LogP contribution in [-0.2, 0) is 16.9 Å². The second kappa shape index (κ2) is 10.8. The van der Waals surface area contributed by atoms with Crippen molar-refractivity contribution in [1.82, 2.24) is 9.80 Å². The van der Waals surface area contributed by atoms with Crippen LogP contribution in [-0.4, -0.2) is 49.0 Å². The van der Waals surface area contributed by atoms with Gasteiger partial charge in [-0.05, 0) is 30.7 Å². The number of carbonyl (C=O) groups excluding carboxylic acids is 1. The molecule has 3 rings (SSSR count). The van der Waals surface area contributed by atoms with Crippen molar-refractivity contribution in [2.75, 3.05) is 33.3 Å². The molecule has 1 heterocycles. The van der Waals surface area contributed by atoms with Crippen molar-refractivity contribution in [2.45, 2.75) is 19.0 Å². The molecule has 1 saturated heterocycles. The molecule has 8 heteroatoms. The summed E-state index contributed by atoms with van der Waals surface area (Å²) in [6.07, 6.45) is 0. The minimum atomic E-state index is -1.05. The first kappa shape index (κ1) is 25.2. The van der Waals surface area contributed by atoms with Gasteiger partial charge in [-0.2, -0.15) is 0 Å². The molecule has 0 aromatic heterocycles. The van der Waals surface area contributed by atoms with Gasteiger partial charge in [0.25, 0.3) is 0 Å². The predicted octanol–water partition coefficient (Wildman–Crippen LogP) is 3.20. The quantitative estimate of drug-likeness (QED) is 0.770. The molecule has 0 aliphatic carbocycles. The number of hydrogen-bond donors (Lipinski definition) is 1. The average molecular weight is 444 g/mol. The number of benzene rings is 2. The van der Waals surface area contributed by atoms with Crippen LogP contribution < -0.4 is 10.5 Å². The van der Waals surface area contributed by atoms with E-state index in [1.165, 1.54) is 12.1 Å². The van der Waals surface area contributed by atoms with Crippen molar-refractivity contribution in [3.8, 4) is 5.75 Å². The zero-order valence-electron chi connectivity index (χ0n) is 16.6. The SMILES string of the molecule is COc1ccc(F)cc1CN1CCN(C(=O)C(C)(N)c2ccccc2)CC1.Cl.Cl. The molecule has 5 nitrogen and oxygen atoms in total. The molecular formula is C21H28Cl2FN3O2. The Hall–Kier alpha value is -1.86. The van der Waals surface area contributed by atoms with E-state index >= 15 is 0 Å². The van der Waals surface area contributed by atoms with E-state index in [0.717, 1.165) is 11.1 Å². The van der Waals surface area contributed by atoms with Crippen LogP contribution >= 0.6 is 24.8 Å². The normalized spacial score (nSPS) is 16.2. The summed E-state index contributed by atoms with van der Waals surface area (Å²) in [4.78, 5) is 16.9. The van der Waals surface area contributed by atoms with Crippen LogP contribution in [0.1, 0.15) is 18.1 Å². The Morgan fingerprint density at radius 1 is 1.10 bits per heavy atom. The molecule has 29 heavy (non-hydrogen) atoms. The van der Waals surface area contributed by atoms with Crippen molar-refractivity contribution in [3.63, 3.8) is 0 Å². The molecule has 0 bridgehead atoms. The molecule has 1 fully saturated rings. The number of amides is 1. The van der Waals surface area contributed by atoms with Gasteiger partial charge in [-0.25, -0.2) is 4.39 Å². The molecule has 0 radical (unpaired) electrons. The Morgan fingerprint density at radius 3 is 2.31 bits per heavy atom. The van der Waals surface area contributed by atoms with E-state index < -0.39 is 5.54 Å². The Morgan fingerprint density at radius 2 is 1.72 bits per heavy atom. The Bertz CT molecular complexity index is 798. The molecule has 160 valence electrons. The van der Waals surface area contributed by atoms with Crippen LogP contribution in [0, 0.1) is 5.82 Å². The highest BCUT2D eigenvalue weighted by Gasteiger charge is 2.35. The first-order valence-corrected chi connectivity index (χ1v) is 9.10. The number of rotatable bonds is 5. The Labute approximate surface area is 183 Å². The van der Waals surface area contributed by atoms with Crippen LogP contribution in [0.5, 0.6) is 5.75 Å². The lowest BCUT2D eigenvalue weighted by molar-refractivity contribution is -0.138. The Balaban J connectivity index is 0.00000210. The maximum atomic E-state index is 13.6. The van der Waals surface area contributed by atoms with Crippen molar-refractivity contribution < 1.29 is 13.9 Å². The van der Waals surface area contributed by atoms with E-state index in [4.69, 9.17) is 10.5 Å². The molecule has 1 aliphatic rings. The summed E-state index contributed by atoms with van der Waals surface area (Å²) < 4.78 is 18.9. The van der Waals surface area contributed by atoms with Crippen molar-refractivity contribution in [2.24, 2.45) is 5.73 Å². The Kier molecular flexibility index (Phi) is 9.36. The molecule has 2 aromatic carbocycles. The number of halogens is 3. The van der Waals surface area contributed by atoms with Crippen LogP contribution in [0.3, 0.4) is 0 Å². The van der Waals surface area contributed by atoms with E-state index in [1.54, 1.807) is 20.1 Å². The lowest BCUT2D eigenvalue weighted by Gasteiger charge is -2.38. The number of nitrogens with two attached hydrogens (primary N) is 1. The highest BCUT2D eigenvalue weighted by Crippen LogP contribution is 2.24. The molecular weight excluding hydrogens is 416 g/mol. The summed E-state index contributed by atoms with van der Waals surface area (Å²) in [5.74, 6) is 0.326. The van der Waals surface area contributed by atoms with E-state index in [-0.39, 0.29) is 36.5 Å². The van der Waals surface area contributed by atoms with Crippen LogP contribution in [0.4, 0.5) is 4.39 Å². The smallest absolute Gasteiger partial charge is 0.247 e. The number of ether oxygens (including phenoxy) is 1. The summed E-state index contributed by atoms with van der Waals surface area (Å²) in [5.41, 5.74) is 6.93. The molecule has 1 atom stereocenters. The molecule has 0 spiro atoms. The van der Waals surface area contributed by atoms with Gasteiger partial charge in [-0.1, -0.05) is 30.3 Å². The summed E-state index contributed by atoms with van der Waals surface area (Å²) in [7, 11) is 1.58. The second-order valence-electron chi connectivity index (χ2n) is 7.09. The first-order valence-electron chi connectivity index (χ1n) is 9.10. The van der Waals surface area contributed by atoms with Gasteiger partial charge in [0.15, 0.2) is 0 Å². The lowest BCUT2D eigenvalue weighted by atomic mass is 9.91. The first-order chi connectivity index (χ1) is 12.9. The topological polar surface area (TPSA) is 58.8 Å². The van der Waals surface area contributed by atoms with E-state index in [1.807, 2.05) is 35.2 Å². The second-order valence-corrected chi connectivity index (χ2v) is 7.09. The summed E-state index contributed by atoms with van der Waals surface area (Å²) in [5, 5.41) is 0. The molecule has 1 amide bonds. The van der Waals surface area contributed by atoms with Crippen molar-refractivity contribution in [3.05, 3.63) is 65.5 Å². The van der Waals surface area contributed by atoms with Gasteiger partial charge in [0.2, 0.25) is 5.91 Å². The van der Waals surface area contributed by atoms with E-state index in [0.29, 0.717) is 38.5 Å². The zero-order chi connectivity index (χ0) is 19.4. The van der Waals surface area contributed by atoms with E-state index in [9.17, 15) is 9.18 Å². The zero-order valence-corrected chi connectivity index (χ0v) is 18.3.